The maximum absolute atomic E-state index is 13.3. The number of hydrogen-bond acceptors (Lipinski definition) is 5. The molecular weight excluding hydrogens is 424 g/mol. The number of ether oxygens (including phenoxy) is 2. The Labute approximate surface area is 192 Å². The Balaban J connectivity index is 1.29. The van der Waals surface area contributed by atoms with E-state index in [4.69, 9.17) is 9.47 Å². The van der Waals surface area contributed by atoms with Gasteiger partial charge in [0.1, 0.15) is 13.2 Å². The van der Waals surface area contributed by atoms with Crippen molar-refractivity contribution in [1.29, 1.82) is 0 Å². The molecule has 5 rings (SSSR count). The van der Waals surface area contributed by atoms with Gasteiger partial charge in [0, 0.05) is 35.9 Å². The minimum Gasteiger partial charge on any atom is -0.486 e. The first kappa shape index (κ1) is 21.3. The molecule has 1 spiro atoms. The molecule has 0 bridgehead atoms. The monoisotopic (exact) mass is 454 g/mol. The molecule has 1 saturated carbocycles. The van der Waals surface area contributed by atoms with Crippen molar-refractivity contribution in [1.82, 2.24) is 10.2 Å². The van der Waals surface area contributed by atoms with Crippen molar-refractivity contribution in [2.24, 2.45) is 0 Å². The summed E-state index contributed by atoms with van der Waals surface area (Å²) in [4.78, 5) is 27.4. The third-order valence-electron chi connectivity index (χ3n) is 7.19. The first-order valence-electron chi connectivity index (χ1n) is 11.6. The third-order valence-corrected chi connectivity index (χ3v) is 7.88. The van der Waals surface area contributed by atoms with Crippen LogP contribution in [-0.4, -0.2) is 43.0 Å². The lowest BCUT2D eigenvalue weighted by Crippen LogP contribution is -2.48. The van der Waals surface area contributed by atoms with Gasteiger partial charge in [0.05, 0.1) is 6.04 Å². The van der Waals surface area contributed by atoms with E-state index in [0.717, 1.165) is 30.9 Å². The second-order valence-electron chi connectivity index (χ2n) is 9.14. The summed E-state index contributed by atoms with van der Waals surface area (Å²) in [5, 5.41) is 6.64. The minimum absolute atomic E-state index is 0.0000472. The van der Waals surface area contributed by atoms with Gasteiger partial charge in [-0.05, 0) is 60.9 Å². The molecule has 7 heteroatoms. The Kier molecular flexibility index (Phi) is 5.84. The van der Waals surface area contributed by atoms with Crippen LogP contribution in [0.5, 0.6) is 11.5 Å². The maximum Gasteiger partial charge on any atom is 0.252 e. The zero-order valence-corrected chi connectivity index (χ0v) is 19.3. The molecule has 2 aliphatic heterocycles. The molecule has 0 saturated heterocycles. The molecule has 1 atom stereocenters. The molecule has 1 aromatic carbocycles. The van der Waals surface area contributed by atoms with E-state index in [9.17, 15) is 9.59 Å². The zero-order chi connectivity index (χ0) is 22.1. The van der Waals surface area contributed by atoms with Gasteiger partial charge in [0.15, 0.2) is 11.5 Å². The molecule has 32 heavy (non-hydrogen) atoms. The Hall–Kier alpha value is -2.54. The van der Waals surface area contributed by atoms with Crippen molar-refractivity contribution in [2.45, 2.75) is 56.9 Å². The first-order chi connectivity index (χ1) is 15.6. The summed E-state index contributed by atoms with van der Waals surface area (Å²) in [6, 6.07) is 6.11. The second kappa shape index (κ2) is 8.77. The van der Waals surface area contributed by atoms with Crippen LogP contribution < -0.4 is 14.8 Å². The number of nitrogens with zero attached hydrogens (tertiary/aromatic N) is 1. The molecular formula is C25H30N2O4S. The average molecular weight is 455 g/mol. The largest absolute Gasteiger partial charge is 0.486 e. The van der Waals surface area contributed by atoms with Crippen LogP contribution in [0.3, 0.4) is 0 Å². The molecule has 1 aromatic heterocycles. The fourth-order valence-electron chi connectivity index (χ4n) is 5.49. The number of rotatable bonds is 5. The van der Waals surface area contributed by atoms with Crippen molar-refractivity contribution in [2.75, 3.05) is 26.3 Å². The van der Waals surface area contributed by atoms with Gasteiger partial charge < -0.3 is 19.7 Å². The number of benzene rings is 1. The van der Waals surface area contributed by atoms with Gasteiger partial charge in [0.2, 0.25) is 5.91 Å². The quantitative estimate of drug-likeness (QED) is 0.678. The standard InChI is InChI=1S/C25H30N2O4S/c1-17-19-13-21-22(31-11-10-30-21)14-20(19)25(7-2-3-8-25)16-27(17)23(28)5-4-9-26-24(29)18-6-12-32-15-18/h6,12-15,17H,2-5,7-11,16H2,1H3,(H,26,29). The van der Waals surface area contributed by atoms with Crippen LogP contribution in [0.25, 0.3) is 0 Å². The van der Waals surface area contributed by atoms with E-state index in [1.54, 1.807) is 0 Å². The number of nitrogens with one attached hydrogen (secondary N) is 1. The lowest BCUT2D eigenvalue weighted by molar-refractivity contribution is -0.135. The molecule has 170 valence electrons. The third kappa shape index (κ3) is 3.87. The Morgan fingerprint density at radius 1 is 1.19 bits per heavy atom. The summed E-state index contributed by atoms with van der Waals surface area (Å²) in [5.41, 5.74) is 3.24. The molecule has 1 fully saturated rings. The van der Waals surface area contributed by atoms with Crippen LogP contribution in [0.15, 0.2) is 29.0 Å². The van der Waals surface area contributed by atoms with Crippen molar-refractivity contribution >= 4 is 23.2 Å². The summed E-state index contributed by atoms with van der Waals surface area (Å²) in [6.07, 6.45) is 5.67. The molecule has 1 N–H and O–H groups in total. The second-order valence-corrected chi connectivity index (χ2v) is 9.92. The fraction of sp³-hybridized carbons (Fsp3) is 0.520. The Bertz CT molecular complexity index is 998. The number of hydrogen-bond donors (Lipinski definition) is 1. The van der Waals surface area contributed by atoms with Gasteiger partial charge in [-0.25, -0.2) is 0 Å². The van der Waals surface area contributed by atoms with Gasteiger partial charge >= 0.3 is 0 Å². The first-order valence-corrected chi connectivity index (χ1v) is 12.6. The van der Waals surface area contributed by atoms with E-state index in [1.807, 2.05) is 16.8 Å². The normalized spacial score (nSPS) is 20.8. The van der Waals surface area contributed by atoms with E-state index < -0.39 is 0 Å². The minimum atomic E-state index is -0.0733. The number of fused-ring (bicyclic) bond motifs is 3. The van der Waals surface area contributed by atoms with Crippen LogP contribution in [0, 0.1) is 0 Å². The zero-order valence-electron chi connectivity index (χ0n) is 18.5. The van der Waals surface area contributed by atoms with Gasteiger partial charge in [-0.2, -0.15) is 11.3 Å². The van der Waals surface area contributed by atoms with E-state index in [1.165, 1.54) is 35.3 Å². The van der Waals surface area contributed by atoms with Gasteiger partial charge in [-0.1, -0.05) is 12.8 Å². The highest BCUT2D eigenvalue weighted by Gasteiger charge is 2.46. The summed E-state index contributed by atoms with van der Waals surface area (Å²) in [6.45, 7) is 4.53. The molecule has 3 aliphatic rings. The average Bonchev–Trinajstić information content (AvgIpc) is 3.51. The molecule has 6 nitrogen and oxygen atoms in total. The lowest BCUT2D eigenvalue weighted by Gasteiger charge is -2.46. The lowest BCUT2D eigenvalue weighted by atomic mass is 9.71. The van der Waals surface area contributed by atoms with Crippen molar-refractivity contribution in [3.63, 3.8) is 0 Å². The maximum atomic E-state index is 13.3. The predicted octanol–water partition coefficient (Wildman–Crippen LogP) is 4.44. The molecule has 3 heterocycles. The number of amides is 2. The van der Waals surface area contributed by atoms with E-state index in [-0.39, 0.29) is 23.3 Å². The topological polar surface area (TPSA) is 67.9 Å². The number of carbonyl (C=O) groups is 2. The molecule has 2 aromatic rings. The molecule has 0 radical (unpaired) electrons. The van der Waals surface area contributed by atoms with Crippen molar-refractivity contribution in [3.05, 3.63) is 45.6 Å². The molecule has 1 aliphatic carbocycles. The van der Waals surface area contributed by atoms with E-state index in [0.29, 0.717) is 38.2 Å². The van der Waals surface area contributed by atoms with E-state index in [2.05, 4.69) is 29.3 Å². The van der Waals surface area contributed by atoms with Crippen molar-refractivity contribution in [3.8, 4) is 11.5 Å². The molecule has 1 unspecified atom stereocenters. The highest BCUT2D eigenvalue weighted by atomic mass is 32.1. The van der Waals surface area contributed by atoms with Crippen molar-refractivity contribution < 1.29 is 19.1 Å². The SMILES string of the molecule is CC1c2cc3c(cc2C2(CCCC2)CN1C(=O)CCCNC(=O)c1ccsc1)OCCO3. The summed E-state index contributed by atoms with van der Waals surface area (Å²) in [7, 11) is 0. The van der Waals surface area contributed by atoms with Crippen LogP contribution in [0.4, 0.5) is 0 Å². The van der Waals surface area contributed by atoms with Gasteiger partial charge in [-0.3, -0.25) is 9.59 Å². The highest BCUT2D eigenvalue weighted by Crippen LogP contribution is 2.52. The highest BCUT2D eigenvalue weighted by molar-refractivity contribution is 7.08. The Morgan fingerprint density at radius 3 is 2.66 bits per heavy atom. The summed E-state index contributed by atoms with van der Waals surface area (Å²) >= 11 is 1.50. The number of thiophene rings is 1. The predicted molar refractivity (Wildman–Crippen MR) is 124 cm³/mol. The fourth-order valence-corrected chi connectivity index (χ4v) is 6.13. The van der Waals surface area contributed by atoms with Crippen LogP contribution in [-0.2, 0) is 10.2 Å². The molecule has 2 amide bonds. The van der Waals surface area contributed by atoms with Crippen LogP contribution in [0.1, 0.15) is 73.0 Å². The summed E-state index contributed by atoms with van der Waals surface area (Å²) < 4.78 is 11.7. The number of carbonyl (C=O) groups excluding carboxylic acids is 2. The Morgan fingerprint density at radius 2 is 1.94 bits per heavy atom. The summed E-state index contributed by atoms with van der Waals surface area (Å²) in [5.74, 6) is 1.72. The van der Waals surface area contributed by atoms with E-state index >= 15 is 0 Å². The van der Waals surface area contributed by atoms with Gasteiger partial charge in [0.25, 0.3) is 5.91 Å². The smallest absolute Gasteiger partial charge is 0.252 e. The van der Waals surface area contributed by atoms with Gasteiger partial charge in [-0.15, -0.1) is 0 Å². The van der Waals surface area contributed by atoms with Crippen LogP contribution >= 0.6 is 11.3 Å². The van der Waals surface area contributed by atoms with Crippen LogP contribution in [0.2, 0.25) is 0 Å².